The summed E-state index contributed by atoms with van der Waals surface area (Å²) in [5, 5.41) is 4.91. The van der Waals surface area contributed by atoms with Gasteiger partial charge in [-0.25, -0.2) is 0 Å². The molecule has 0 aliphatic heterocycles. The van der Waals surface area contributed by atoms with Crippen LogP contribution < -0.4 is 5.32 Å². The van der Waals surface area contributed by atoms with Gasteiger partial charge in [0.25, 0.3) is 0 Å². The van der Waals surface area contributed by atoms with Gasteiger partial charge >= 0.3 is 0 Å². The van der Waals surface area contributed by atoms with Crippen LogP contribution in [0.4, 0.5) is 0 Å². The van der Waals surface area contributed by atoms with Crippen LogP contribution in [0.1, 0.15) is 29.9 Å². The maximum absolute atomic E-state index is 11.8. The van der Waals surface area contributed by atoms with Crippen LogP contribution in [-0.2, 0) is 17.9 Å². The lowest BCUT2D eigenvalue weighted by molar-refractivity contribution is -0.116. The van der Waals surface area contributed by atoms with Gasteiger partial charge in [-0.2, -0.15) is 0 Å². The van der Waals surface area contributed by atoms with Gasteiger partial charge in [0.15, 0.2) is 0 Å². The van der Waals surface area contributed by atoms with Gasteiger partial charge in [-0.15, -0.1) is 11.3 Å². The average Bonchev–Trinajstić information content (AvgIpc) is 3.10. The van der Waals surface area contributed by atoms with Crippen molar-refractivity contribution in [2.45, 2.75) is 26.9 Å². The second-order valence-corrected chi connectivity index (χ2v) is 6.32. The maximum Gasteiger partial charge on any atom is 0.244 e. The number of hydrogen-bond acceptors (Lipinski definition) is 3. The molecule has 2 aromatic rings. The van der Waals surface area contributed by atoms with E-state index >= 15 is 0 Å². The Balaban J connectivity index is 1.80. The fraction of sp³-hybridized carbons (Fsp3) is 0.316. The molecule has 0 unspecified atom stereocenters. The molecule has 0 fully saturated rings. The molecule has 1 N–H and O–H groups in total. The largest absolute Gasteiger partial charge is 0.348 e. The van der Waals surface area contributed by atoms with E-state index in [1.807, 2.05) is 23.6 Å². The fourth-order valence-electron chi connectivity index (χ4n) is 2.26. The lowest BCUT2D eigenvalue weighted by Crippen LogP contribution is -2.22. The maximum atomic E-state index is 11.8. The third kappa shape index (κ3) is 6.00. The molecule has 0 saturated carbocycles. The van der Waals surface area contributed by atoms with Crippen molar-refractivity contribution >= 4 is 23.3 Å². The molecule has 1 heterocycles. The summed E-state index contributed by atoms with van der Waals surface area (Å²) < 4.78 is 0. The Hall–Kier alpha value is -1.91. The van der Waals surface area contributed by atoms with Crippen LogP contribution in [0.3, 0.4) is 0 Å². The summed E-state index contributed by atoms with van der Waals surface area (Å²) in [6.07, 6.45) is 3.42. The van der Waals surface area contributed by atoms with E-state index in [0.717, 1.165) is 30.1 Å². The van der Waals surface area contributed by atoms with Crippen LogP contribution in [0.5, 0.6) is 0 Å². The number of carbonyl (C=O) groups is 1. The molecule has 2 rings (SSSR count). The molecule has 1 aromatic heterocycles. The quantitative estimate of drug-likeness (QED) is 0.745. The molecule has 23 heavy (non-hydrogen) atoms. The second-order valence-electron chi connectivity index (χ2n) is 5.34. The first-order valence-corrected chi connectivity index (χ1v) is 8.88. The summed E-state index contributed by atoms with van der Waals surface area (Å²) >= 11 is 1.62. The number of hydrogen-bond donors (Lipinski definition) is 1. The Labute approximate surface area is 142 Å². The number of rotatable bonds is 8. The van der Waals surface area contributed by atoms with E-state index in [0.29, 0.717) is 6.54 Å². The Bertz CT molecular complexity index is 613. The highest BCUT2D eigenvalue weighted by Gasteiger charge is 2.02. The zero-order valence-corrected chi connectivity index (χ0v) is 14.6. The highest BCUT2D eigenvalue weighted by molar-refractivity contribution is 7.10. The zero-order valence-electron chi connectivity index (χ0n) is 13.8. The summed E-state index contributed by atoms with van der Waals surface area (Å²) in [6, 6.07) is 12.4. The van der Waals surface area contributed by atoms with Gasteiger partial charge in [-0.1, -0.05) is 44.2 Å². The van der Waals surface area contributed by atoms with E-state index in [9.17, 15) is 4.79 Å². The van der Waals surface area contributed by atoms with Crippen LogP contribution in [-0.4, -0.2) is 23.9 Å². The lowest BCUT2D eigenvalue weighted by Gasteiger charge is -2.18. The number of amides is 1. The van der Waals surface area contributed by atoms with E-state index in [1.165, 1.54) is 5.56 Å². The summed E-state index contributed by atoms with van der Waals surface area (Å²) in [6.45, 7) is 8.01. The summed E-state index contributed by atoms with van der Waals surface area (Å²) in [5.74, 6) is -0.0642. The van der Waals surface area contributed by atoms with Crippen molar-refractivity contribution in [3.8, 4) is 0 Å². The Morgan fingerprint density at radius 1 is 1.13 bits per heavy atom. The van der Waals surface area contributed by atoms with Gasteiger partial charge in [0.2, 0.25) is 5.91 Å². The lowest BCUT2D eigenvalue weighted by atomic mass is 10.1. The minimum atomic E-state index is -0.0642. The average molecular weight is 328 g/mol. The number of carbonyl (C=O) groups excluding carboxylic acids is 1. The van der Waals surface area contributed by atoms with Gasteiger partial charge in [-0.05, 0) is 41.7 Å². The van der Waals surface area contributed by atoms with Crippen molar-refractivity contribution in [2.24, 2.45) is 0 Å². The van der Waals surface area contributed by atoms with Gasteiger partial charge in [0.05, 0.1) is 0 Å². The molecule has 1 aromatic carbocycles. The molecule has 1 amide bonds. The fourth-order valence-corrected chi connectivity index (χ4v) is 2.88. The highest BCUT2D eigenvalue weighted by atomic mass is 32.1. The normalized spacial score (nSPS) is 11.3. The zero-order chi connectivity index (χ0) is 16.5. The van der Waals surface area contributed by atoms with Crippen LogP contribution in [0.25, 0.3) is 6.08 Å². The number of benzene rings is 1. The van der Waals surface area contributed by atoms with Crippen LogP contribution in [0.2, 0.25) is 0 Å². The summed E-state index contributed by atoms with van der Waals surface area (Å²) in [4.78, 5) is 15.3. The summed E-state index contributed by atoms with van der Waals surface area (Å²) in [7, 11) is 0. The van der Waals surface area contributed by atoms with E-state index in [-0.39, 0.29) is 5.91 Å². The van der Waals surface area contributed by atoms with Crippen molar-refractivity contribution in [1.82, 2.24) is 10.2 Å². The minimum absolute atomic E-state index is 0.0642. The van der Waals surface area contributed by atoms with Gasteiger partial charge in [0.1, 0.15) is 0 Å². The Morgan fingerprint density at radius 2 is 1.83 bits per heavy atom. The van der Waals surface area contributed by atoms with Crippen molar-refractivity contribution < 1.29 is 4.79 Å². The molecular formula is C19H24N2OS. The molecule has 122 valence electrons. The third-order valence-corrected chi connectivity index (χ3v) is 4.57. The Kier molecular flexibility index (Phi) is 7.04. The standard InChI is InChI=1S/C19H24N2OS/c1-3-21(4-2)15-17-9-7-16(8-10-17)14-20-19(22)12-11-18-6-5-13-23-18/h5-13H,3-4,14-15H2,1-2H3,(H,20,22). The van der Waals surface area contributed by atoms with E-state index in [2.05, 4.69) is 48.3 Å². The number of nitrogens with one attached hydrogen (secondary N) is 1. The minimum Gasteiger partial charge on any atom is -0.348 e. The second kappa shape index (κ2) is 9.28. The van der Waals surface area contributed by atoms with Crippen LogP contribution in [0.15, 0.2) is 47.9 Å². The van der Waals surface area contributed by atoms with Crippen molar-refractivity contribution in [3.05, 3.63) is 63.9 Å². The predicted molar refractivity (Wildman–Crippen MR) is 98.3 cm³/mol. The molecule has 0 atom stereocenters. The highest BCUT2D eigenvalue weighted by Crippen LogP contribution is 2.10. The first kappa shape index (κ1) is 17.4. The van der Waals surface area contributed by atoms with E-state index in [1.54, 1.807) is 17.4 Å². The summed E-state index contributed by atoms with van der Waals surface area (Å²) in [5.41, 5.74) is 2.42. The number of thiophene rings is 1. The SMILES string of the molecule is CCN(CC)Cc1ccc(CNC(=O)C=Cc2cccs2)cc1. The predicted octanol–water partition coefficient (Wildman–Crippen LogP) is 3.92. The van der Waals surface area contributed by atoms with Gasteiger partial charge in [0, 0.05) is 24.0 Å². The van der Waals surface area contributed by atoms with Gasteiger partial charge < -0.3 is 5.32 Å². The first-order valence-electron chi connectivity index (χ1n) is 8.00. The molecule has 0 radical (unpaired) electrons. The van der Waals surface area contributed by atoms with Crippen LogP contribution >= 0.6 is 11.3 Å². The molecule has 0 saturated heterocycles. The first-order chi connectivity index (χ1) is 11.2. The van der Waals surface area contributed by atoms with Crippen molar-refractivity contribution in [1.29, 1.82) is 0 Å². The molecule has 0 aliphatic rings. The molecule has 4 heteroatoms. The number of nitrogens with zero attached hydrogens (tertiary/aromatic N) is 1. The monoisotopic (exact) mass is 328 g/mol. The smallest absolute Gasteiger partial charge is 0.244 e. The molecular weight excluding hydrogens is 304 g/mol. The van der Waals surface area contributed by atoms with Crippen molar-refractivity contribution in [2.75, 3.05) is 13.1 Å². The van der Waals surface area contributed by atoms with E-state index < -0.39 is 0 Å². The molecule has 3 nitrogen and oxygen atoms in total. The topological polar surface area (TPSA) is 32.3 Å². The van der Waals surface area contributed by atoms with Crippen LogP contribution in [0, 0.1) is 0 Å². The Morgan fingerprint density at radius 3 is 2.43 bits per heavy atom. The molecule has 0 bridgehead atoms. The van der Waals surface area contributed by atoms with E-state index in [4.69, 9.17) is 0 Å². The molecule has 0 spiro atoms. The van der Waals surface area contributed by atoms with Gasteiger partial charge in [-0.3, -0.25) is 9.69 Å². The molecule has 0 aliphatic carbocycles. The third-order valence-electron chi connectivity index (χ3n) is 3.73. The van der Waals surface area contributed by atoms with Crippen molar-refractivity contribution in [3.63, 3.8) is 0 Å².